The van der Waals surface area contributed by atoms with Crippen LogP contribution in [0.1, 0.15) is 71.1 Å². The highest BCUT2D eigenvalue weighted by atomic mass is 32.2. The van der Waals surface area contributed by atoms with E-state index < -0.39 is 0 Å². The van der Waals surface area contributed by atoms with Crippen molar-refractivity contribution in [2.45, 2.75) is 82.8 Å². The highest BCUT2D eigenvalue weighted by molar-refractivity contribution is 7.99. The van der Waals surface area contributed by atoms with Crippen molar-refractivity contribution in [3.63, 3.8) is 0 Å². The summed E-state index contributed by atoms with van der Waals surface area (Å²) < 4.78 is 6.10. The molecule has 2 fully saturated rings. The lowest BCUT2D eigenvalue weighted by molar-refractivity contribution is -0.0835. The van der Waals surface area contributed by atoms with Gasteiger partial charge < -0.3 is 10.5 Å². The fraction of sp³-hybridized carbons (Fsp3) is 1.00. The lowest BCUT2D eigenvalue weighted by Crippen LogP contribution is -2.45. The Kier molecular flexibility index (Phi) is 7.20. The Morgan fingerprint density at radius 3 is 2.80 bits per heavy atom. The van der Waals surface area contributed by atoms with Crippen LogP contribution in [-0.2, 0) is 4.74 Å². The Balaban J connectivity index is 1.63. The quantitative estimate of drug-likeness (QED) is 0.676. The third-order valence-corrected chi connectivity index (χ3v) is 6.32. The van der Waals surface area contributed by atoms with E-state index in [9.17, 15) is 0 Å². The van der Waals surface area contributed by atoms with E-state index in [0.29, 0.717) is 12.0 Å². The van der Waals surface area contributed by atoms with Crippen LogP contribution in [0.25, 0.3) is 0 Å². The summed E-state index contributed by atoms with van der Waals surface area (Å²) in [7, 11) is 0. The monoisotopic (exact) mass is 299 g/mol. The van der Waals surface area contributed by atoms with E-state index in [-0.39, 0.29) is 5.60 Å². The molecule has 0 bridgehead atoms. The Morgan fingerprint density at radius 1 is 1.25 bits per heavy atom. The van der Waals surface area contributed by atoms with Crippen LogP contribution in [0.2, 0.25) is 0 Å². The normalized spacial score (nSPS) is 31.8. The highest BCUT2D eigenvalue weighted by Crippen LogP contribution is 2.41. The van der Waals surface area contributed by atoms with Crippen LogP contribution in [0, 0.1) is 5.92 Å². The predicted molar refractivity (Wildman–Crippen MR) is 89.3 cm³/mol. The lowest BCUT2D eigenvalue weighted by atomic mass is 9.80. The summed E-state index contributed by atoms with van der Waals surface area (Å²) in [6.07, 6.45) is 13.1. The minimum absolute atomic E-state index is 0.201. The molecule has 0 aromatic rings. The number of ether oxygens (including phenoxy) is 1. The molecule has 0 amide bonds. The average Bonchev–Trinajstić information content (AvgIpc) is 2.90. The number of nitrogens with two attached hydrogens (primary N) is 1. The third-order valence-electron chi connectivity index (χ3n) is 5.09. The van der Waals surface area contributed by atoms with Gasteiger partial charge in [0.2, 0.25) is 0 Å². The first-order chi connectivity index (χ1) is 9.76. The minimum Gasteiger partial charge on any atom is -0.374 e. The van der Waals surface area contributed by atoms with Gasteiger partial charge in [-0.3, -0.25) is 0 Å². The van der Waals surface area contributed by atoms with Gasteiger partial charge in [0.05, 0.1) is 5.60 Å². The van der Waals surface area contributed by atoms with Crippen LogP contribution in [0.3, 0.4) is 0 Å². The third kappa shape index (κ3) is 4.92. The molecule has 0 aromatic heterocycles. The maximum Gasteiger partial charge on any atom is 0.0783 e. The Bertz CT molecular complexity index is 266. The average molecular weight is 300 g/mol. The fourth-order valence-electron chi connectivity index (χ4n) is 3.69. The lowest BCUT2D eigenvalue weighted by Gasteiger charge is -2.40. The summed E-state index contributed by atoms with van der Waals surface area (Å²) in [5.74, 6) is 3.19. The largest absolute Gasteiger partial charge is 0.374 e. The maximum atomic E-state index is 6.48. The zero-order valence-electron chi connectivity index (χ0n) is 13.2. The van der Waals surface area contributed by atoms with Crippen LogP contribution in [0.4, 0.5) is 0 Å². The van der Waals surface area contributed by atoms with Gasteiger partial charge in [0.25, 0.3) is 0 Å². The van der Waals surface area contributed by atoms with Gasteiger partial charge in [-0.15, -0.1) is 0 Å². The maximum absolute atomic E-state index is 6.48. The molecular formula is C17H33NOS. The molecule has 2 aliphatic rings. The summed E-state index contributed by atoms with van der Waals surface area (Å²) >= 11 is 2.06. The van der Waals surface area contributed by atoms with Gasteiger partial charge in [0.15, 0.2) is 0 Å². The fourth-order valence-corrected chi connectivity index (χ4v) is 5.07. The first kappa shape index (κ1) is 16.6. The number of unbranched alkanes of at least 4 members (excludes halogenated alkanes) is 5. The van der Waals surface area contributed by atoms with E-state index in [4.69, 9.17) is 10.5 Å². The van der Waals surface area contributed by atoms with Crippen LogP contribution in [0.15, 0.2) is 0 Å². The van der Waals surface area contributed by atoms with Crippen molar-refractivity contribution in [1.82, 2.24) is 0 Å². The van der Waals surface area contributed by atoms with E-state index >= 15 is 0 Å². The molecule has 2 saturated heterocycles. The van der Waals surface area contributed by atoms with Gasteiger partial charge in [0, 0.05) is 18.4 Å². The summed E-state index contributed by atoms with van der Waals surface area (Å²) in [5.41, 5.74) is 6.68. The van der Waals surface area contributed by atoms with E-state index in [1.165, 1.54) is 75.7 Å². The zero-order valence-corrected chi connectivity index (χ0v) is 14.1. The summed E-state index contributed by atoms with van der Waals surface area (Å²) in [6.45, 7) is 3.22. The smallest absolute Gasteiger partial charge is 0.0783 e. The molecule has 0 radical (unpaired) electrons. The minimum atomic E-state index is 0.201. The van der Waals surface area contributed by atoms with E-state index in [1.807, 2.05) is 0 Å². The van der Waals surface area contributed by atoms with Crippen molar-refractivity contribution >= 4 is 11.8 Å². The van der Waals surface area contributed by atoms with Crippen LogP contribution >= 0.6 is 11.8 Å². The molecular weight excluding hydrogens is 266 g/mol. The molecule has 3 atom stereocenters. The second-order valence-corrected chi connectivity index (χ2v) is 7.91. The summed E-state index contributed by atoms with van der Waals surface area (Å²) in [6, 6.07) is 0.410. The van der Waals surface area contributed by atoms with Crippen LogP contribution in [-0.4, -0.2) is 29.8 Å². The number of rotatable bonds is 8. The zero-order chi connectivity index (χ0) is 14.3. The summed E-state index contributed by atoms with van der Waals surface area (Å²) in [4.78, 5) is 0. The number of thioether (sulfide) groups is 1. The van der Waals surface area contributed by atoms with Crippen LogP contribution in [0.5, 0.6) is 0 Å². The first-order valence-electron chi connectivity index (χ1n) is 8.73. The van der Waals surface area contributed by atoms with Crippen molar-refractivity contribution in [3.8, 4) is 0 Å². The molecule has 2 heterocycles. The van der Waals surface area contributed by atoms with Crippen molar-refractivity contribution in [3.05, 3.63) is 0 Å². The standard InChI is InChI=1S/C17H33NOS/c1-2-3-4-5-6-7-8-16(18)15-9-11-19-17(13-15)10-12-20-14-17/h15-16H,2-14,18H2,1H3. The van der Waals surface area contributed by atoms with Gasteiger partial charge in [-0.1, -0.05) is 45.4 Å². The molecule has 2 aliphatic heterocycles. The van der Waals surface area contributed by atoms with Crippen molar-refractivity contribution < 1.29 is 4.74 Å². The van der Waals surface area contributed by atoms with Gasteiger partial charge in [0.1, 0.15) is 0 Å². The number of hydrogen-bond donors (Lipinski definition) is 1. The second kappa shape index (κ2) is 8.65. The predicted octanol–water partition coefficient (Wildman–Crippen LogP) is 4.37. The first-order valence-corrected chi connectivity index (χ1v) is 9.88. The molecule has 0 aliphatic carbocycles. The van der Waals surface area contributed by atoms with Gasteiger partial charge in [-0.05, 0) is 37.4 Å². The molecule has 2 nitrogen and oxygen atoms in total. The van der Waals surface area contributed by atoms with Gasteiger partial charge in [-0.2, -0.15) is 11.8 Å². The second-order valence-electron chi connectivity index (χ2n) is 6.81. The highest BCUT2D eigenvalue weighted by Gasteiger charge is 2.41. The Morgan fingerprint density at radius 2 is 2.05 bits per heavy atom. The molecule has 118 valence electrons. The molecule has 20 heavy (non-hydrogen) atoms. The van der Waals surface area contributed by atoms with Gasteiger partial charge >= 0.3 is 0 Å². The topological polar surface area (TPSA) is 35.2 Å². The van der Waals surface area contributed by atoms with Crippen molar-refractivity contribution in [2.24, 2.45) is 11.7 Å². The van der Waals surface area contributed by atoms with E-state index in [0.717, 1.165) is 6.61 Å². The number of hydrogen-bond acceptors (Lipinski definition) is 3. The molecule has 2 rings (SSSR count). The SMILES string of the molecule is CCCCCCCCC(N)C1CCOC2(CCSC2)C1. The molecule has 1 spiro atoms. The summed E-state index contributed by atoms with van der Waals surface area (Å²) in [5, 5.41) is 0. The molecule has 0 aromatic carbocycles. The molecule has 3 unspecified atom stereocenters. The van der Waals surface area contributed by atoms with Crippen LogP contribution < -0.4 is 5.73 Å². The molecule has 3 heteroatoms. The van der Waals surface area contributed by atoms with E-state index in [1.54, 1.807) is 0 Å². The van der Waals surface area contributed by atoms with E-state index in [2.05, 4.69) is 18.7 Å². The van der Waals surface area contributed by atoms with Gasteiger partial charge in [-0.25, -0.2) is 0 Å². The van der Waals surface area contributed by atoms with Crippen molar-refractivity contribution in [1.29, 1.82) is 0 Å². The Hall–Kier alpha value is 0.270. The molecule has 0 saturated carbocycles. The molecule has 2 N–H and O–H groups in total. The van der Waals surface area contributed by atoms with Crippen molar-refractivity contribution in [2.75, 3.05) is 18.1 Å². The Labute approximate surface area is 129 Å².